The Balaban J connectivity index is 1.63. The van der Waals surface area contributed by atoms with Gasteiger partial charge in [-0.15, -0.1) is 10.2 Å². The smallest absolute Gasteiger partial charge is 0.271 e. The van der Waals surface area contributed by atoms with Crippen LogP contribution in [-0.4, -0.2) is 35.8 Å². The van der Waals surface area contributed by atoms with E-state index < -0.39 is 10.2 Å². The van der Waals surface area contributed by atoms with Crippen molar-refractivity contribution in [2.45, 2.75) is 31.2 Å². The summed E-state index contributed by atoms with van der Waals surface area (Å²) in [6.07, 6.45) is 3.40. The van der Waals surface area contributed by atoms with E-state index in [-0.39, 0.29) is 11.6 Å². The number of rotatable bonds is 7. The van der Waals surface area contributed by atoms with Gasteiger partial charge in [0.25, 0.3) is 5.69 Å². The summed E-state index contributed by atoms with van der Waals surface area (Å²) >= 11 is 1.25. The summed E-state index contributed by atoms with van der Waals surface area (Å²) in [5, 5.41) is 22.6. The molecule has 2 heterocycles. The highest BCUT2D eigenvalue weighted by molar-refractivity contribution is 8.00. The second kappa shape index (κ2) is 9.84. The number of nitro benzene ring substituents is 1. The fourth-order valence-corrected chi connectivity index (χ4v) is 4.13. The van der Waals surface area contributed by atoms with Gasteiger partial charge in [0.15, 0.2) is 11.0 Å². The molecule has 1 amide bonds. The number of carbonyl (C=O) groups is 1. The van der Waals surface area contributed by atoms with Gasteiger partial charge in [-0.3, -0.25) is 24.5 Å². The standard InChI is InChI=1S/C24H22N6O3S/c1-15-6-9-19(10-7-15)29-22(18-5-4-12-25-14-18)27-28-24(29)34-17(3)23(31)26-21-13-20(30(32)33)11-8-16(21)2/h4-14,17H,1-3H3,(H,26,31)/t17-/m1/s1. The molecule has 10 heteroatoms. The van der Waals surface area contributed by atoms with Crippen molar-refractivity contribution in [3.63, 3.8) is 0 Å². The first kappa shape index (κ1) is 23.1. The van der Waals surface area contributed by atoms with Gasteiger partial charge >= 0.3 is 0 Å². The molecular formula is C24H22N6O3S. The van der Waals surface area contributed by atoms with Crippen LogP contribution in [-0.2, 0) is 4.79 Å². The fraction of sp³-hybridized carbons (Fsp3) is 0.167. The predicted molar refractivity (Wildman–Crippen MR) is 131 cm³/mol. The third-order valence-corrected chi connectivity index (χ3v) is 6.23. The molecule has 0 spiro atoms. The highest BCUT2D eigenvalue weighted by Crippen LogP contribution is 2.31. The van der Waals surface area contributed by atoms with Crippen molar-refractivity contribution in [1.29, 1.82) is 0 Å². The molecule has 0 saturated carbocycles. The van der Waals surface area contributed by atoms with Crippen molar-refractivity contribution in [2.75, 3.05) is 5.32 Å². The van der Waals surface area contributed by atoms with Gasteiger partial charge in [0.05, 0.1) is 15.9 Å². The molecule has 1 N–H and O–H groups in total. The number of thioether (sulfide) groups is 1. The Morgan fingerprint density at radius 2 is 1.88 bits per heavy atom. The van der Waals surface area contributed by atoms with Gasteiger partial charge in [-0.1, -0.05) is 35.5 Å². The van der Waals surface area contributed by atoms with Crippen LogP contribution in [0.25, 0.3) is 17.1 Å². The number of benzene rings is 2. The van der Waals surface area contributed by atoms with E-state index in [2.05, 4.69) is 20.5 Å². The van der Waals surface area contributed by atoms with E-state index in [4.69, 9.17) is 0 Å². The van der Waals surface area contributed by atoms with Crippen LogP contribution in [0.4, 0.5) is 11.4 Å². The highest BCUT2D eigenvalue weighted by Gasteiger charge is 2.23. The van der Waals surface area contributed by atoms with Gasteiger partial charge in [-0.05, 0) is 50.6 Å². The average Bonchev–Trinajstić information content (AvgIpc) is 3.24. The number of hydrogen-bond acceptors (Lipinski definition) is 7. The molecule has 0 fully saturated rings. The number of hydrogen-bond donors (Lipinski definition) is 1. The van der Waals surface area contributed by atoms with Crippen molar-refractivity contribution in [3.05, 3.63) is 88.2 Å². The largest absolute Gasteiger partial charge is 0.325 e. The van der Waals surface area contributed by atoms with Gasteiger partial charge in [0.2, 0.25) is 5.91 Å². The number of nitrogens with zero attached hydrogens (tertiary/aromatic N) is 5. The zero-order valence-electron chi connectivity index (χ0n) is 18.8. The van der Waals surface area contributed by atoms with E-state index in [0.29, 0.717) is 16.7 Å². The van der Waals surface area contributed by atoms with E-state index in [9.17, 15) is 14.9 Å². The lowest BCUT2D eigenvalue weighted by Gasteiger charge is -2.15. The molecule has 0 saturated heterocycles. The second-order valence-corrected chi connectivity index (χ2v) is 9.03. The maximum atomic E-state index is 13.0. The maximum absolute atomic E-state index is 13.0. The van der Waals surface area contributed by atoms with Crippen LogP contribution in [0.1, 0.15) is 18.1 Å². The Hall–Kier alpha value is -4.05. The molecule has 1 atom stereocenters. The van der Waals surface area contributed by atoms with Crippen LogP contribution in [0.3, 0.4) is 0 Å². The average molecular weight is 475 g/mol. The fourth-order valence-electron chi connectivity index (χ4n) is 3.26. The Bertz CT molecular complexity index is 1340. The molecule has 0 bridgehead atoms. The summed E-state index contributed by atoms with van der Waals surface area (Å²) < 4.78 is 1.89. The Morgan fingerprint density at radius 1 is 1.12 bits per heavy atom. The number of anilines is 1. The number of aromatic nitrogens is 4. The van der Waals surface area contributed by atoms with Crippen LogP contribution >= 0.6 is 11.8 Å². The van der Waals surface area contributed by atoms with E-state index in [1.807, 2.05) is 47.9 Å². The monoisotopic (exact) mass is 474 g/mol. The summed E-state index contributed by atoms with van der Waals surface area (Å²) in [5.74, 6) is 0.316. The summed E-state index contributed by atoms with van der Waals surface area (Å²) in [6, 6.07) is 16.0. The van der Waals surface area contributed by atoms with Gasteiger partial charge in [0, 0.05) is 35.8 Å². The first-order chi connectivity index (χ1) is 16.3. The van der Waals surface area contributed by atoms with Crippen LogP contribution < -0.4 is 5.32 Å². The minimum absolute atomic E-state index is 0.0820. The minimum atomic E-state index is -0.547. The number of nitro groups is 1. The summed E-state index contributed by atoms with van der Waals surface area (Å²) in [5.41, 5.74) is 3.84. The molecule has 34 heavy (non-hydrogen) atoms. The predicted octanol–water partition coefficient (Wildman–Crippen LogP) is 4.97. The van der Waals surface area contributed by atoms with Gasteiger partial charge < -0.3 is 5.32 Å². The Morgan fingerprint density at radius 3 is 2.56 bits per heavy atom. The lowest BCUT2D eigenvalue weighted by Crippen LogP contribution is -2.23. The van der Waals surface area contributed by atoms with Gasteiger partial charge in [0.1, 0.15) is 0 Å². The quantitative estimate of drug-likeness (QED) is 0.228. The normalized spacial score (nSPS) is 11.7. The topological polar surface area (TPSA) is 116 Å². The van der Waals surface area contributed by atoms with Crippen molar-refractivity contribution in [3.8, 4) is 17.1 Å². The zero-order chi connectivity index (χ0) is 24.2. The maximum Gasteiger partial charge on any atom is 0.271 e. The molecule has 2 aromatic heterocycles. The number of pyridine rings is 1. The first-order valence-electron chi connectivity index (χ1n) is 10.5. The highest BCUT2D eigenvalue weighted by atomic mass is 32.2. The number of carbonyl (C=O) groups excluding carboxylic acids is 1. The number of aryl methyl sites for hydroxylation is 2. The van der Waals surface area contributed by atoms with E-state index in [1.54, 1.807) is 32.3 Å². The molecule has 4 rings (SSSR count). The van der Waals surface area contributed by atoms with Crippen molar-refractivity contribution < 1.29 is 9.72 Å². The van der Waals surface area contributed by atoms with Gasteiger partial charge in [-0.2, -0.15) is 0 Å². The summed E-state index contributed by atoms with van der Waals surface area (Å²) in [6.45, 7) is 5.55. The molecule has 0 radical (unpaired) electrons. The van der Waals surface area contributed by atoms with E-state index in [1.165, 1.54) is 23.9 Å². The first-order valence-corrected chi connectivity index (χ1v) is 11.4. The molecular weight excluding hydrogens is 452 g/mol. The van der Waals surface area contributed by atoms with Crippen molar-refractivity contribution in [1.82, 2.24) is 19.7 Å². The number of amides is 1. The molecule has 0 aliphatic heterocycles. The van der Waals surface area contributed by atoms with Crippen LogP contribution in [0.5, 0.6) is 0 Å². The van der Waals surface area contributed by atoms with Crippen LogP contribution in [0.15, 0.2) is 72.1 Å². The number of nitrogens with one attached hydrogen (secondary N) is 1. The Kier molecular flexibility index (Phi) is 6.69. The third-order valence-electron chi connectivity index (χ3n) is 5.19. The SMILES string of the molecule is Cc1ccc(-n2c(S[C@H](C)C(=O)Nc3cc([N+](=O)[O-])ccc3C)nnc2-c2cccnc2)cc1. The van der Waals surface area contributed by atoms with E-state index >= 15 is 0 Å². The number of non-ortho nitro benzene ring substituents is 1. The van der Waals surface area contributed by atoms with Crippen molar-refractivity contribution >= 4 is 29.0 Å². The van der Waals surface area contributed by atoms with Crippen molar-refractivity contribution in [2.24, 2.45) is 0 Å². The zero-order valence-corrected chi connectivity index (χ0v) is 19.6. The van der Waals surface area contributed by atoms with E-state index in [0.717, 1.165) is 22.4 Å². The van der Waals surface area contributed by atoms with Gasteiger partial charge in [-0.25, -0.2) is 0 Å². The molecule has 0 aliphatic carbocycles. The lowest BCUT2D eigenvalue weighted by atomic mass is 10.2. The molecule has 9 nitrogen and oxygen atoms in total. The van der Waals surface area contributed by atoms with Crippen LogP contribution in [0.2, 0.25) is 0 Å². The molecule has 172 valence electrons. The minimum Gasteiger partial charge on any atom is -0.325 e. The third kappa shape index (κ3) is 4.96. The summed E-state index contributed by atoms with van der Waals surface area (Å²) in [7, 11) is 0. The molecule has 2 aromatic carbocycles. The molecule has 0 aliphatic rings. The molecule has 0 unspecified atom stereocenters. The molecule has 4 aromatic rings. The second-order valence-electron chi connectivity index (χ2n) is 7.72. The summed E-state index contributed by atoms with van der Waals surface area (Å²) in [4.78, 5) is 27.7. The Labute approximate surface area is 200 Å². The lowest BCUT2D eigenvalue weighted by molar-refractivity contribution is -0.384. The van der Waals surface area contributed by atoms with Crippen LogP contribution in [0, 0.1) is 24.0 Å².